The summed E-state index contributed by atoms with van der Waals surface area (Å²) in [7, 11) is 0. The fourth-order valence-corrected chi connectivity index (χ4v) is 4.36. The summed E-state index contributed by atoms with van der Waals surface area (Å²) < 4.78 is 16.5. The number of nitrogens with zero attached hydrogens (tertiary/aromatic N) is 2. The summed E-state index contributed by atoms with van der Waals surface area (Å²) in [5.41, 5.74) is 3.02. The normalized spacial score (nSPS) is 12.0. The molecule has 0 unspecified atom stereocenters. The van der Waals surface area contributed by atoms with E-state index in [0.29, 0.717) is 28.8 Å². The van der Waals surface area contributed by atoms with Gasteiger partial charge in [-0.15, -0.1) is 22.7 Å². The second kappa shape index (κ2) is 8.37. The number of amides is 1. The first-order valence-electron chi connectivity index (χ1n) is 9.45. The van der Waals surface area contributed by atoms with E-state index in [2.05, 4.69) is 15.3 Å². The first-order valence-corrected chi connectivity index (χ1v) is 11.2. The first kappa shape index (κ1) is 19.5. The van der Waals surface area contributed by atoms with Crippen LogP contribution in [0.25, 0.3) is 11.3 Å². The number of carbonyl (C=O) groups is 1. The third kappa shape index (κ3) is 4.37. The van der Waals surface area contributed by atoms with Crippen LogP contribution in [0.15, 0.2) is 53.2 Å². The van der Waals surface area contributed by atoms with Crippen LogP contribution in [0.1, 0.15) is 21.1 Å². The molecule has 7 nitrogen and oxygen atoms in total. The molecule has 3 heterocycles. The maximum Gasteiger partial charge on any atom is 0.257 e. The second-order valence-corrected chi connectivity index (χ2v) is 8.65. The molecule has 0 radical (unpaired) electrons. The van der Waals surface area contributed by atoms with Gasteiger partial charge in [-0.2, -0.15) is 0 Å². The molecule has 4 aromatic rings. The number of thiazole rings is 2. The second-order valence-electron chi connectivity index (χ2n) is 6.73. The van der Waals surface area contributed by atoms with Crippen molar-refractivity contribution >= 4 is 33.7 Å². The quantitative estimate of drug-likeness (QED) is 0.437. The molecule has 0 saturated heterocycles. The van der Waals surface area contributed by atoms with Gasteiger partial charge >= 0.3 is 0 Å². The summed E-state index contributed by atoms with van der Waals surface area (Å²) in [5.74, 6) is 1.78. The lowest BCUT2D eigenvalue weighted by Gasteiger charge is -2.07. The maximum absolute atomic E-state index is 12.7. The standard InChI is InChI=1S/C22H17N3O4S2/c1-13-23-16(10-30-13)9-27-17-4-2-3-15(7-17)21(26)25-22-24-18(11-31-22)14-5-6-19-20(8-14)29-12-28-19/h2-8,10-11H,9,12H2,1H3,(H,24,25,26). The third-order valence-corrected chi connectivity index (χ3v) is 6.12. The van der Waals surface area contributed by atoms with Gasteiger partial charge in [0, 0.05) is 21.9 Å². The number of nitrogens with one attached hydrogen (secondary N) is 1. The number of ether oxygens (including phenoxy) is 3. The molecule has 0 atom stereocenters. The van der Waals surface area contributed by atoms with Gasteiger partial charge in [-0.05, 0) is 43.3 Å². The molecule has 1 aliphatic rings. The lowest BCUT2D eigenvalue weighted by atomic mass is 10.1. The molecule has 0 spiro atoms. The van der Waals surface area contributed by atoms with E-state index in [4.69, 9.17) is 14.2 Å². The van der Waals surface area contributed by atoms with Gasteiger partial charge in [-0.3, -0.25) is 10.1 Å². The predicted octanol–water partition coefficient (Wildman–Crippen LogP) is 5.14. The van der Waals surface area contributed by atoms with Gasteiger partial charge < -0.3 is 14.2 Å². The van der Waals surface area contributed by atoms with E-state index in [1.165, 1.54) is 11.3 Å². The Balaban J connectivity index is 1.25. The van der Waals surface area contributed by atoms with Crippen molar-refractivity contribution in [2.75, 3.05) is 12.1 Å². The highest BCUT2D eigenvalue weighted by atomic mass is 32.1. The van der Waals surface area contributed by atoms with Crippen molar-refractivity contribution in [3.8, 4) is 28.5 Å². The molecule has 1 amide bonds. The number of hydrogen-bond acceptors (Lipinski definition) is 8. The van der Waals surface area contributed by atoms with Crippen molar-refractivity contribution in [2.24, 2.45) is 0 Å². The Morgan fingerprint density at radius 3 is 2.87 bits per heavy atom. The van der Waals surface area contributed by atoms with E-state index in [0.717, 1.165) is 27.7 Å². The fourth-order valence-electron chi connectivity index (χ4n) is 3.05. The Hall–Kier alpha value is -3.43. The highest BCUT2D eigenvalue weighted by molar-refractivity contribution is 7.14. The number of rotatable bonds is 6. The van der Waals surface area contributed by atoms with Crippen LogP contribution in [0.2, 0.25) is 0 Å². The highest BCUT2D eigenvalue weighted by Crippen LogP contribution is 2.36. The minimum absolute atomic E-state index is 0.226. The zero-order valence-corrected chi connectivity index (χ0v) is 18.1. The van der Waals surface area contributed by atoms with Crippen LogP contribution in [-0.2, 0) is 6.61 Å². The van der Waals surface area contributed by atoms with Crippen LogP contribution in [0, 0.1) is 6.92 Å². The van der Waals surface area contributed by atoms with E-state index in [1.54, 1.807) is 29.5 Å². The molecule has 2 aromatic heterocycles. The summed E-state index contributed by atoms with van der Waals surface area (Å²) in [6.45, 7) is 2.54. The summed E-state index contributed by atoms with van der Waals surface area (Å²) in [4.78, 5) is 21.6. The van der Waals surface area contributed by atoms with E-state index >= 15 is 0 Å². The zero-order chi connectivity index (χ0) is 21.2. The molecular formula is C22H17N3O4S2. The molecule has 156 valence electrons. The largest absolute Gasteiger partial charge is 0.487 e. The SMILES string of the molecule is Cc1nc(COc2cccc(C(=O)Nc3nc(-c4ccc5c(c4)OCO5)cs3)c2)cs1. The Morgan fingerprint density at radius 1 is 1.10 bits per heavy atom. The molecule has 9 heteroatoms. The topological polar surface area (TPSA) is 82.6 Å². The van der Waals surface area contributed by atoms with E-state index in [1.807, 2.05) is 41.9 Å². The summed E-state index contributed by atoms with van der Waals surface area (Å²) in [6.07, 6.45) is 0. The molecule has 1 aliphatic heterocycles. The Kier molecular flexibility index (Phi) is 5.27. The average Bonchev–Trinajstić information content (AvgIpc) is 3.53. The molecule has 2 aromatic carbocycles. The molecule has 1 N–H and O–H groups in total. The van der Waals surface area contributed by atoms with Crippen LogP contribution in [0.5, 0.6) is 17.2 Å². The number of aryl methyl sites for hydroxylation is 1. The highest BCUT2D eigenvalue weighted by Gasteiger charge is 2.16. The maximum atomic E-state index is 12.7. The molecule has 0 fully saturated rings. The average molecular weight is 452 g/mol. The first-order chi connectivity index (χ1) is 15.1. The molecule has 0 aliphatic carbocycles. The number of hydrogen-bond donors (Lipinski definition) is 1. The smallest absolute Gasteiger partial charge is 0.257 e. The van der Waals surface area contributed by atoms with E-state index in [9.17, 15) is 4.79 Å². The monoisotopic (exact) mass is 451 g/mol. The van der Waals surface area contributed by atoms with Gasteiger partial charge in [0.05, 0.1) is 16.4 Å². The predicted molar refractivity (Wildman–Crippen MR) is 119 cm³/mol. The van der Waals surface area contributed by atoms with Crippen LogP contribution in [-0.4, -0.2) is 22.7 Å². The summed E-state index contributed by atoms with van der Waals surface area (Å²) >= 11 is 2.94. The lowest BCUT2D eigenvalue weighted by Crippen LogP contribution is -2.11. The minimum atomic E-state index is -0.249. The van der Waals surface area contributed by atoms with Gasteiger partial charge in [0.15, 0.2) is 16.6 Å². The van der Waals surface area contributed by atoms with Gasteiger partial charge in [0.25, 0.3) is 5.91 Å². The number of fused-ring (bicyclic) bond motifs is 1. The molecular weight excluding hydrogens is 434 g/mol. The van der Waals surface area contributed by atoms with E-state index in [-0.39, 0.29) is 12.7 Å². The molecule has 0 saturated carbocycles. The van der Waals surface area contributed by atoms with Gasteiger partial charge in [-0.25, -0.2) is 9.97 Å². The Labute approximate surface area is 186 Å². The number of carbonyl (C=O) groups excluding carboxylic acids is 1. The Bertz CT molecular complexity index is 1250. The van der Waals surface area contributed by atoms with Gasteiger partial charge in [0.2, 0.25) is 6.79 Å². The third-order valence-electron chi connectivity index (χ3n) is 4.54. The molecule has 5 rings (SSSR count). The van der Waals surface area contributed by atoms with Gasteiger partial charge in [-0.1, -0.05) is 6.07 Å². The van der Waals surface area contributed by atoms with Crippen LogP contribution >= 0.6 is 22.7 Å². The van der Waals surface area contributed by atoms with Crippen molar-refractivity contribution in [3.05, 3.63) is 69.5 Å². The van der Waals surface area contributed by atoms with Crippen molar-refractivity contribution in [1.82, 2.24) is 9.97 Å². The van der Waals surface area contributed by atoms with Gasteiger partial charge in [0.1, 0.15) is 12.4 Å². The van der Waals surface area contributed by atoms with Crippen molar-refractivity contribution < 1.29 is 19.0 Å². The summed E-state index contributed by atoms with van der Waals surface area (Å²) in [5, 5.41) is 8.22. The fraction of sp³-hybridized carbons (Fsp3) is 0.136. The van der Waals surface area contributed by atoms with E-state index < -0.39 is 0 Å². The number of anilines is 1. The van der Waals surface area contributed by atoms with Crippen LogP contribution < -0.4 is 19.5 Å². The van der Waals surface area contributed by atoms with Crippen LogP contribution in [0.3, 0.4) is 0 Å². The Morgan fingerprint density at radius 2 is 2.00 bits per heavy atom. The number of aromatic nitrogens is 2. The lowest BCUT2D eigenvalue weighted by molar-refractivity contribution is 0.102. The number of benzene rings is 2. The molecule has 31 heavy (non-hydrogen) atoms. The minimum Gasteiger partial charge on any atom is -0.487 e. The van der Waals surface area contributed by atoms with Crippen LogP contribution in [0.4, 0.5) is 5.13 Å². The molecule has 0 bridgehead atoms. The zero-order valence-electron chi connectivity index (χ0n) is 16.5. The van der Waals surface area contributed by atoms with Crippen molar-refractivity contribution in [2.45, 2.75) is 13.5 Å². The van der Waals surface area contributed by atoms with Crippen molar-refractivity contribution in [3.63, 3.8) is 0 Å². The van der Waals surface area contributed by atoms with Crippen molar-refractivity contribution in [1.29, 1.82) is 0 Å². The summed E-state index contributed by atoms with van der Waals surface area (Å²) in [6, 6.07) is 12.7.